The van der Waals surface area contributed by atoms with Crippen molar-refractivity contribution >= 4 is 21.0 Å². The number of fused-ring (bicyclic) bond motifs is 1. The van der Waals surface area contributed by atoms with Gasteiger partial charge in [-0.1, -0.05) is 13.0 Å². The van der Waals surface area contributed by atoms with Crippen LogP contribution in [-0.4, -0.2) is 54.2 Å². The Labute approximate surface area is 226 Å². The number of hydrogen-bond donors (Lipinski definition) is 0. The van der Waals surface area contributed by atoms with Gasteiger partial charge in [0.25, 0.3) is 0 Å². The van der Waals surface area contributed by atoms with E-state index in [0.717, 1.165) is 27.7 Å². The van der Waals surface area contributed by atoms with Gasteiger partial charge >= 0.3 is 17.8 Å². The van der Waals surface area contributed by atoms with Gasteiger partial charge < -0.3 is 4.57 Å². The summed E-state index contributed by atoms with van der Waals surface area (Å²) in [6.07, 6.45) is -4.44. The van der Waals surface area contributed by atoms with Crippen molar-refractivity contribution in [3.8, 4) is 23.0 Å². The molecule has 17 heteroatoms. The highest BCUT2D eigenvalue weighted by Gasteiger charge is 2.59. The first kappa shape index (κ1) is 28.0. The molecule has 1 aromatic carbocycles. The van der Waals surface area contributed by atoms with Gasteiger partial charge in [-0.3, -0.25) is 0 Å². The van der Waals surface area contributed by atoms with E-state index in [4.69, 9.17) is 0 Å². The highest BCUT2D eigenvalue weighted by atomic mass is 32.2. The average Bonchev–Trinajstić information content (AvgIpc) is 3.47. The molecule has 5 rings (SSSR count). The Morgan fingerprint density at radius 3 is 2.39 bits per heavy atom. The monoisotopic (exact) mass is 597 g/mol. The minimum Gasteiger partial charge on any atom is -0.310 e. The molecule has 4 heterocycles. The zero-order valence-corrected chi connectivity index (χ0v) is 21.8. The number of aromatic nitrogens is 7. The van der Waals surface area contributed by atoms with Crippen LogP contribution in [0, 0.1) is 5.82 Å². The molecule has 0 unspecified atom stereocenters. The normalized spacial score (nSPS) is 12.8. The molecule has 0 radical (unpaired) electrons. The fraction of sp³-hybridized carbons (Fsp3) is 0.208. The quantitative estimate of drug-likeness (QED) is 0.272. The van der Waals surface area contributed by atoms with Crippen LogP contribution in [-0.2, 0) is 22.8 Å². The number of aryl methyl sites for hydroxylation is 1. The van der Waals surface area contributed by atoms with Crippen LogP contribution in [0.15, 0.2) is 64.7 Å². The molecule has 0 saturated carbocycles. The lowest BCUT2D eigenvalue weighted by Crippen LogP contribution is -2.33. The molecule has 5 aromatic rings. The molecule has 0 bridgehead atoms. The predicted molar refractivity (Wildman–Crippen MR) is 132 cm³/mol. The molecule has 41 heavy (non-hydrogen) atoms. The lowest BCUT2D eigenvalue weighted by Gasteiger charge is -2.19. The van der Waals surface area contributed by atoms with Crippen LogP contribution in [0.4, 0.5) is 26.3 Å². The highest BCUT2D eigenvalue weighted by molar-refractivity contribution is 7.91. The lowest BCUT2D eigenvalue weighted by atomic mass is 10.1. The van der Waals surface area contributed by atoms with Crippen molar-refractivity contribution < 1.29 is 34.8 Å². The second kappa shape index (κ2) is 9.53. The Balaban J connectivity index is 1.70. The smallest absolute Gasteiger partial charge is 0.310 e. The topological polar surface area (TPSA) is 118 Å². The van der Waals surface area contributed by atoms with Crippen molar-refractivity contribution in [2.75, 3.05) is 5.75 Å². The van der Waals surface area contributed by atoms with Crippen molar-refractivity contribution in [3.63, 3.8) is 0 Å². The summed E-state index contributed by atoms with van der Waals surface area (Å²) in [6.45, 7) is 1.36. The minimum absolute atomic E-state index is 0.138. The first-order valence-electron chi connectivity index (χ1n) is 11.6. The molecule has 0 N–H and O–H groups in total. The van der Waals surface area contributed by atoms with Gasteiger partial charge in [0, 0.05) is 13.2 Å². The van der Waals surface area contributed by atoms with E-state index in [1.807, 2.05) is 0 Å². The first-order chi connectivity index (χ1) is 19.2. The Morgan fingerprint density at radius 2 is 1.73 bits per heavy atom. The first-order valence-corrected chi connectivity index (χ1v) is 13.3. The van der Waals surface area contributed by atoms with Gasteiger partial charge in [0.05, 0.1) is 21.9 Å². The standard InChI is InChI=1S/C24H17F6N7O3S/c1-3-41(39,40)17-7-8-18(37-22(38)36(12-32-37)15-6-4-5-14(25)10-15)34-19(17)21-33-16-9-13(11-31-20(16)35(21)2)23(26,27)24(28,29)30/h4-12H,3H2,1-2H3. The summed E-state index contributed by atoms with van der Waals surface area (Å²) in [4.78, 5) is 24.8. The Bertz CT molecular complexity index is 1980. The summed E-state index contributed by atoms with van der Waals surface area (Å²) >= 11 is 0. The molecular formula is C24H17F6N7O3S. The van der Waals surface area contributed by atoms with Gasteiger partial charge in [-0.2, -0.15) is 31.7 Å². The number of pyridine rings is 2. The van der Waals surface area contributed by atoms with Crippen molar-refractivity contribution in [2.45, 2.75) is 23.9 Å². The second-order valence-electron chi connectivity index (χ2n) is 8.73. The van der Waals surface area contributed by atoms with E-state index in [0.29, 0.717) is 12.3 Å². The van der Waals surface area contributed by atoms with E-state index in [-0.39, 0.29) is 44.8 Å². The van der Waals surface area contributed by atoms with Crippen LogP contribution in [0.2, 0.25) is 0 Å². The number of imidazole rings is 1. The third-order valence-electron chi connectivity index (χ3n) is 6.17. The van der Waals surface area contributed by atoms with E-state index in [9.17, 15) is 39.6 Å². The van der Waals surface area contributed by atoms with Crippen LogP contribution in [0.5, 0.6) is 0 Å². The molecular weight excluding hydrogens is 580 g/mol. The number of alkyl halides is 5. The maximum Gasteiger partial charge on any atom is 0.458 e. The van der Waals surface area contributed by atoms with Crippen LogP contribution in [0.3, 0.4) is 0 Å². The van der Waals surface area contributed by atoms with Crippen LogP contribution < -0.4 is 5.69 Å². The van der Waals surface area contributed by atoms with E-state index in [1.165, 1.54) is 42.8 Å². The molecule has 4 aromatic heterocycles. The Hall–Kier alpha value is -4.54. The van der Waals surface area contributed by atoms with Gasteiger partial charge in [0.1, 0.15) is 23.4 Å². The van der Waals surface area contributed by atoms with Gasteiger partial charge in [-0.25, -0.2) is 37.1 Å². The Kier molecular flexibility index (Phi) is 6.51. The maximum absolute atomic E-state index is 14.0. The Morgan fingerprint density at radius 1 is 1.00 bits per heavy atom. The minimum atomic E-state index is -5.89. The summed E-state index contributed by atoms with van der Waals surface area (Å²) in [5, 5.41) is 3.97. The van der Waals surface area contributed by atoms with Crippen molar-refractivity contribution in [1.29, 1.82) is 0 Å². The molecule has 10 nitrogen and oxygen atoms in total. The molecule has 214 valence electrons. The van der Waals surface area contributed by atoms with Gasteiger partial charge in [0.2, 0.25) is 0 Å². The zero-order valence-electron chi connectivity index (χ0n) is 20.9. The molecule has 0 atom stereocenters. The second-order valence-corrected chi connectivity index (χ2v) is 11.0. The number of sulfone groups is 1. The van der Waals surface area contributed by atoms with Gasteiger partial charge in [0.15, 0.2) is 27.1 Å². The predicted octanol–water partition coefficient (Wildman–Crippen LogP) is 3.95. The molecule has 0 aliphatic rings. The van der Waals surface area contributed by atoms with Gasteiger partial charge in [-0.05, 0) is 36.4 Å². The fourth-order valence-corrected chi connectivity index (χ4v) is 5.03. The molecule has 0 amide bonds. The molecule has 0 aliphatic carbocycles. The number of halogens is 6. The fourth-order valence-electron chi connectivity index (χ4n) is 4.01. The van der Waals surface area contributed by atoms with Crippen molar-refractivity contribution in [1.82, 2.24) is 33.9 Å². The van der Waals surface area contributed by atoms with Gasteiger partial charge in [-0.15, -0.1) is 0 Å². The maximum atomic E-state index is 14.0. The molecule has 0 fully saturated rings. The van der Waals surface area contributed by atoms with E-state index in [1.54, 1.807) is 0 Å². The van der Waals surface area contributed by atoms with Crippen LogP contribution >= 0.6 is 0 Å². The molecule has 0 aliphatic heterocycles. The third kappa shape index (κ3) is 4.64. The summed E-state index contributed by atoms with van der Waals surface area (Å²) in [7, 11) is -2.66. The SMILES string of the molecule is CCS(=O)(=O)c1ccc(-n2ncn(-c3cccc(F)c3)c2=O)nc1-c1nc2cc(C(F)(F)C(F)(F)F)cnc2n1C. The van der Waals surface area contributed by atoms with Crippen molar-refractivity contribution in [3.05, 3.63) is 76.9 Å². The molecule has 0 spiro atoms. The van der Waals surface area contributed by atoms with E-state index >= 15 is 0 Å². The number of rotatable bonds is 6. The van der Waals surface area contributed by atoms with Crippen LogP contribution in [0.25, 0.3) is 34.2 Å². The largest absolute Gasteiger partial charge is 0.458 e. The summed E-state index contributed by atoms with van der Waals surface area (Å²) in [5.74, 6) is -6.63. The summed E-state index contributed by atoms with van der Waals surface area (Å²) in [5.41, 5.74) is -2.95. The summed E-state index contributed by atoms with van der Waals surface area (Å²) in [6, 6.07) is 7.94. The highest BCUT2D eigenvalue weighted by Crippen LogP contribution is 2.44. The van der Waals surface area contributed by atoms with Crippen LogP contribution in [0.1, 0.15) is 12.5 Å². The van der Waals surface area contributed by atoms with Crippen molar-refractivity contribution in [2.24, 2.45) is 7.05 Å². The average molecular weight is 598 g/mol. The number of hydrogen-bond acceptors (Lipinski definition) is 7. The van der Waals surface area contributed by atoms with E-state index in [2.05, 4.69) is 20.1 Å². The zero-order chi connectivity index (χ0) is 29.9. The van der Waals surface area contributed by atoms with E-state index < -0.39 is 39.0 Å². The third-order valence-corrected chi connectivity index (χ3v) is 7.93. The lowest BCUT2D eigenvalue weighted by molar-refractivity contribution is -0.289. The number of nitrogens with zero attached hydrogens (tertiary/aromatic N) is 7. The summed E-state index contributed by atoms with van der Waals surface area (Å²) < 4.78 is 109. The number of benzene rings is 1. The molecule has 0 saturated heterocycles.